The van der Waals surface area contributed by atoms with Crippen LogP contribution in [0.5, 0.6) is 0 Å². The van der Waals surface area contributed by atoms with E-state index in [1.54, 1.807) is 37.4 Å². The predicted octanol–water partition coefficient (Wildman–Crippen LogP) is 4.10. The molecule has 0 saturated carbocycles. The van der Waals surface area contributed by atoms with E-state index in [4.69, 9.17) is 9.72 Å². The number of anilines is 1. The van der Waals surface area contributed by atoms with Crippen LogP contribution in [-0.2, 0) is 11.3 Å². The molecule has 0 aliphatic carbocycles. The third kappa shape index (κ3) is 4.59. The molecule has 32 heavy (non-hydrogen) atoms. The van der Waals surface area contributed by atoms with E-state index in [1.165, 1.54) is 0 Å². The molecule has 0 aliphatic rings. The minimum atomic E-state index is -0.480. The first-order valence-electron chi connectivity index (χ1n) is 10.3. The Morgan fingerprint density at radius 3 is 2.59 bits per heavy atom. The van der Waals surface area contributed by atoms with Crippen LogP contribution < -0.4 is 10.6 Å². The van der Waals surface area contributed by atoms with Crippen LogP contribution in [-0.4, -0.2) is 39.7 Å². The van der Waals surface area contributed by atoms with Crippen LogP contribution in [0.1, 0.15) is 17.3 Å². The summed E-state index contributed by atoms with van der Waals surface area (Å²) < 4.78 is 7.03. The van der Waals surface area contributed by atoms with Gasteiger partial charge in [-0.25, -0.2) is 19.6 Å². The molecule has 4 rings (SSSR count). The van der Waals surface area contributed by atoms with E-state index in [0.717, 1.165) is 22.6 Å². The number of para-hydroxylation sites is 1. The zero-order chi connectivity index (χ0) is 22.3. The molecule has 2 aromatic heterocycles. The van der Waals surface area contributed by atoms with Crippen LogP contribution in [0.15, 0.2) is 72.9 Å². The van der Waals surface area contributed by atoms with E-state index in [9.17, 15) is 9.59 Å². The van der Waals surface area contributed by atoms with Gasteiger partial charge in [-0.3, -0.25) is 0 Å². The number of ether oxygens (including phenoxy) is 1. The van der Waals surface area contributed by atoms with Crippen molar-refractivity contribution in [1.29, 1.82) is 0 Å². The minimum absolute atomic E-state index is 0.260. The molecular formula is C24H23N5O3. The van der Waals surface area contributed by atoms with Gasteiger partial charge in [-0.15, -0.1) is 0 Å². The van der Waals surface area contributed by atoms with Crippen molar-refractivity contribution in [3.05, 3.63) is 78.5 Å². The van der Waals surface area contributed by atoms with E-state index < -0.39 is 12.0 Å². The molecule has 2 heterocycles. The first-order valence-corrected chi connectivity index (χ1v) is 10.3. The number of carbonyl (C=O) groups is 2. The third-order valence-electron chi connectivity index (χ3n) is 4.83. The van der Waals surface area contributed by atoms with Crippen LogP contribution in [0.2, 0.25) is 0 Å². The summed E-state index contributed by atoms with van der Waals surface area (Å²) in [4.78, 5) is 33.8. The van der Waals surface area contributed by atoms with Crippen molar-refractivity contribution in [2.75, 3.05) is 18.5 Å². The Hall–Kier alpha value is -4.20. The zero-order valence-corrected chi connectivity index (χ0v) is 17.6. The van der Waals surface area contributed by atoms with Crippen LogP contribution in [0, 0.1) is 0 Å². The number of nitrogens with zero attached hydrogens (tertiary/aromatic N) is 3. The van der Waals surface area contributed by atoms with Gasteiger partial charge in [0.1, 0.15) is 11.3 Å². The van der Waals surface area contributed by atoms with Crippen molar-refractivity contribution >= 4 is 28.9 Å². The smallest absolute Gasteiger partial charge is 0.340 e. The SMILES string of the molecule is CCOC(=O)c1ccccc1NC(=O)NCCn1c(-c2ccccc2)nc2cccnc21. The van der Waals surface area contributed by atoms with Crippen molar-refractivity contribution in [3.8, 4) is 11.4 Å². The lowest BCUT2D eigenvalue weighted by molar-refractivity contribution is 0.0527. The summed E-state index contributed by atoms with van der Waals surface area (Å²) in [5.41, 5.74) is 3.21. The van der Waals surface area contributed by atoms with Gasteiger partial charge < -0.3 is 19.9 Å². The Kier molecular flexibility index (Phi) is 6.41. The van der Waals surface area contributed by atoms with Crippen molar-refractivity contribution in [3.63, 3.8) is 0 Å². The normalized spacial score (nSPS) is 10.7. The number of carbonyl (C=O) groups excluding carboxylic acids is 2. The number of aromatic nitrogens is 3. The van der Waals surface area contributed by atoms with E-state index in [2.05, 4.69) is 15.6 Å². The van der Waals surface area contributed by atoms with Crippen molar-refractivity contribution in [1.82, 2.24) is 19.9 Å². The second-order valence-corrected chi connectivity index (χ2v) is 6.95. The van der Waals surface area contributed by atoms with Gasteiger partial charge in [-0.05, 0) is 31.2 Å². The quantitative estimate of drug-likeness (QED) is 0.431. The highest BCUT2D eigenvalue weighted by molar-refractivity contribution is 6.00. The Morgan fingerprint density at radius 1 is 1.00 bits per heavy atom. The maximum atomic E-state index is 12.5. The molecule has 0 spiro atoms. The van der Waals surface area contributed by atoms with Crippen LogP contribution in [0.25, 0.3) is 22.6 Å². The van der Waals surface area contributed by atoms with Gasteiger partial charge in [0.2, 0.25) is 0 Å². The summed E-state index contributed by atoms with van der Waals surface area (Å²) in [6, 6.07) is 19.9. The van der Waals surface area contributed by atoms with Gasteiger partial charge in [-0.1, -0.05) is 42.5 Å². The highest BCUT2D eigenvalue weighted by atomic mass is 16.5. The molecule has 0 saturated heterocycles. The van der Waals surface area contributed by atoms with Gasteiger partial charge in [0, 0.05) is 24.8 Å². The fraction of sp³-hybridized carbons (Fsp3) is 0.167. The van der Waals surface area contributed by atoms with Crippen molar-refractivity contribution < 1.29 is 14.3 Å². The number of pyridine rings is 1. The van der Waals surface area contributed by atoms with Gasteiger partial charge in [0.15, 0.2) is 5.65 Å². The van der Waals surface area contributed by atoms with E-state index >= 15 is 0 Å². The highest BCUT2D eigenvalue weighted by Gasteiger charge is 2.15. The van der Waals surface area contributed by atoms with Crippen molar-refractivity contribution in [2.45, 2.75) is 13.5 Å². The van der Waals surface area contributed by atoms with Crippen LogP contribution in [0.4, 0.5) is 10.5 Å². The standard InChI is InChI=1S/C24H23N5O3/c1-2-32-23(30)18-11-6-7-12-19(18)28-24(31)26-15-16-29-21(17-9-4-3-5-10-17)27-20-13-8-14-25-22(20)29/h3-14H,2,15-16H2,1H3,(H2,26,28,31). The number of fused-ring (bicyclic) bond motifs is 1. The Labute approximate surface area is 185 Å². The summed E-state index contributed by atoms with van der Waals surface area (Å²) >= 11 is 0. The molecule has 8 nitrogen and oxygen atoms in total. The summed E-state index contributed by atoms with van der Waals surface area (Å²) in [6.07, 6.45) is 1.72. The maximum absolute atomic E-state index is 12.5. The number of hydrogen-bond donors (Lipinski definition) is 2. The van der Waals surface area contributed by atoms with E-state index in [0.29, 0.717) is 24.3 Å². The number of imidazole rings is 1. The summed E-state index contributed by atoms with van der Waals surface area (Å²) in [7, 11) is 0. The molecule has 2 N–H and O–H groups in total. The molecule has 0 atom stereocenters. The lowest BCUT2D eigenvalue weighted by Crippen LogP contribution is -2.32. The van der Waals surface area contributed by atoms with E-state index in [1.807, 2.05) is 47.0 Å². The molecule has 0 bridgehead atoms. The Bertz CT molecular complexity index is 1240. The second-order valence-electron chi connectivity index (χ2n) is 6.95. The third-order valence-corrected chi connectivity index (χ3v) is 4.83. The Balaban J connectivity index is 1.47. The van der Waals surface area contributed by atoms with Gasteiger partial charge in [-0.2, -0.15) is 0 Å². The fourth-order valence-electron chi connectivity index (χ4n) is 3.40. The molecule has 8 heteroatoms. The van der Waals surface area contributed by atoms with Crippen LogP contribution in [0.3, 0.4) is 0 Å². The molecule has 0 unspecified atom stereocenters. The topological polar surface area (TPSA) is 98.1 Å². The zero-order valence-electron chi connectivity index (χ0n) is 17.6. The molecular weight excluding hydrogens is 406 g/mol. The molecule has 0 radical (unpaired) electrons. The van der Waals surface area contributed by atoms with Crippen molar-refractivity contribution in [2.24, 2.45) is 0 Å². The number of amides is 2. The number of benzene rings is 2. The van der Waals surface area contributed by atoms with Gasteiger partial charge in [0.25, 0.3) is 0 Å². The van der Waals surface area contributed by atoms with Gasteiger partial charge in [0.05, 0.1) is 17.9 Å². The number of rotatable bonds is 7. The molecule has 2 amide bonds. The monoisotopic (exact) mass is 429 g/mol. The van der Waals surface area contributed by atoms with E-state index in [-0.39, 0.29) is 6.61 Å². The maximum Gasteiger partial charge on any atom is 0.340 e. The molecule has 2 aromatic carbocycles. The first kappa shape index (κ1) is 21.0. The fourth-order valence-corrected chi connectivity index (χ4v) is 3.40. The number of hydrogen-bond acceptors (Lipinski definition) is 5. The number of esters is 1. The summed E-state index contributed by atoms with van der Waals surface area (Å²) in [5.74, 6) is 0.307. The number of nitrogens with one attached hydrogen (secondary N) is 2. The summed E-state index contributed by atoms with van der Waals surface area (Å²) in [6.45, 7) is 2.81. The van der Waals surface area contributed by atoms with Crippen LogP contribution >= 0.6 is 0 Å². The predicted molar refractivity (Wildman–Crippen MR) is 122 cm³/mol. The van der Waals surface area contributed by atoms with Gasteiger partial charge >= 0.3 is 12.0 Å². The Morgan fingerprint density at radius 2 is 1.78 bits per heavy atom. The summed E-state index contributed by atoms with van der Waals surface area (Å²) in [5, 5.41) is 5.55. The average Bonchev–Trinajstić information content (AvgIpc) is 3.19. The molecule has 4 aromatic rings. The average molecular weight is 429 g/mol. The lowest BCUT2D eigenvalue weighted by Gasteiger charge is -2.12. The second kappa shape index (κ2) is 9.74. The molecule has 0 fully saturated rings. The first-order chi connectivity index (χ1) is 15.7. The molecule has 162 valence electrons. The number of urea groups is 1. The minimum Gasteiger partial charge on any atom is -0.462 e. The lowest BCUT2D eigenvalue weighted by atomic mass is 10.2. The largest absolute Gasteiger partial charge is 0.462 e. The highest BCUT2D eigenvalue weighted by Crippen LogP contribution is 2.23. The molecule has 0 aliphatic heterocycles.